The van der Waals surface area contributed by atoms with Gasteiger partial charge < -0.3 is 14.8 Å². The van der Waals surface area contributed by atoms with Gasteiger partial charge in [0.25, 0.3) is 0 Å². The molecule has 0 amide bonds. The van der Waals surface area contributed by atoms with Crippen LogP contribution < -0.4 is 15.4 Å². The number of carbonyl (C=O) groups is 1. The van der Waals surface area contributed by atoms with Crippen molar-refractivity contribution < 1.29 is 14.3 Å². The van der Waals surface area contributed by atoms with E-state index in [1.807, 2.05) is 36.5 Å². The molecule has 0 saturated heterocycles. The van der Waals surface area contributed by atoms with Gasteiger partial charge in [-0.25, -0.2) is 4.99 Å². The minimum atomic E-state index is -0.897. The van der Waals surface area contributed by atoms with Crippen molar-refractivity contribution >= 4 is 17.6 Å². The smallest absolute Gasteiger partial charge is 0.303 e. The second kappa shape index (κ2) is 8.54. The number of benzene rings is 2. The van der Waals surface area contributed by atoms with Gasteiger partial charge in [0.05, 0.1) is 11.6 Å². The van der Waals surface area contributed by atoms with Gasteiger partial charge in [0.2, 0.25) is 5.96 Å². The van der Waals surface area contributed by atoms with E-state index in [0.29, 0.717) is 16.9 Å². The molecule has 0 aromatic heterocycles. The molecule has 1 heterocycles. The zero-order chi connectivity index (χ0) is 21.7. The zero-order valence-corrected chi connectivity index (χ0v) is 16.8. The van der Waals surface area contributed by atoms with E-state index in [0.717, 1.165) is 5.69 Å². The van der Waals surface area contributed by atoms with Crippen LogP contribution in [-0.2, 0) is 9.53 Å². The van der Waals surface area contributed by atoms with Crippen LogP contribution in [-0.4, -0.2) is 23.6 Å². The van der Waals surface area contributed by atoms with Gasteiger partial charge in [0.1, 0.15) is 17.4 Å². The normalized spacial score (nSPS) is 19.3. The standard InChI is InChI=1S/C22H21N5O3/c1-14(28)29-20-19(27-21(25-13-24)26-16-7-5-4-6-8-16)17-11-15(12-23)9-10-18(17)30-22(20,2)3/h4-11,19-20H,1-3H3,(H2,25,26,27)/t19-,20+/m0/s1. The lowest BCUT2D eigenvalue weighted by Crippen LogP contribution is -2.51. The lowest BCUT2D eigenvalue weighted by molar-refractivity contribution is -0.161. The number of nitrogens with one attached hydrogen (secondary N) is 2. The van der Waals surface area contributed by atoms with Gasteiger partial charge in [0, 0.05) is 18.2 Å². The molecule has 0 fully saturated rings. The molecule has 0 spiro atoms. The lowest BCUT2D eigenvalue weighted by atomic mass is 9.86. The molecule has 1 aliphatic rings. The van der Waals surface area contributed by atoms with E-state index in [-0.39, 0.29) is 5.96 Å². The molecule has 8 heteroatoms. The first-order valence-electron chi connectivity index (χ1n) is 9.29. The summed E-state index contributed by atoms with van der Waals surface area (Å²) < 4.78 is 11.6. The van der Waals surface area contributed by atoms with Crippen molar-refractivity contribution in [2.75, 3.05) is 5.32 Å². The lowest BCUT2D eigenvalue weighted by Gasteiger charge is -2.42. The summed E-state index contributed by atoms with van der Waals surface area (Å²) in [6.07, 6.45) is 1.08. The summed E-state index contributed by atoms with van der Waals surface area (Å²) in [6.45, 7) is 4.91. The average Bonchev–Trinajstić information content (AvgIpc) is 2.70. The Balaban J connectivity index is 2.12. The molecular formula is C22H21N5O3. The minimum Gasteiger partial charge on any atom is -0.484 e. The number of carbonyl (C=O) groups excluding carboxylic acids is 1. The van der Waals surface area contributed by atoms with Gasteiger partial charge >= 0.3 is 5.97 Å². The first kappa shape index (κ1) is 20.7. The third kappa shape index (κ3) is 4.50. The van der Waals surface area contributed by atoms with E-state index in [4.69, 9.17) is 9.47 Å². The summed E-state index contributed by atoms with van der Waals surface area (Å²) >= 11 is 0. The van der Waals surface area contributed by atoms with Crippen LogP contribution in [0.25, 0.3) is 0 Å². The maximum absolute atomic E-state index is 11.8. The second-order valence-electron chi connectivity index (χ2n) is 7.25. The van der Waals surface area contributed by atoms with Crippen LogP contribution in [0.15, 0.2) is 53.5 Å². The predicted octanol–water partition coefficient (Wildman–Crippen LogP) is 3.24. The van der Waals surface area contributed by atoms with E-state index in [2.05, 4.69) is 21.7 Å². The fourth-order valence-corrected chi connectivity index (χ4v) is 3.30. The number of anilines is 1. The summed E-state index contributed by atoms with van der Waals surface area (Å²) in [5.41, 5.74) is 0.836. The Bertz CT molecular complexity index is 1050. The summed E-state index contributed by atoms with van der Waals surface area (Å²) in [6, 6.07) is 15.6. The van der Waals surface area contributed by atoms with Gasteiger partial charge in [-0.15, -0.1) is 0 Å². The first-order valence-corrected chi connectivity index (χ1v) is 9.29. The third-order valence-corrected chi connectivity index (χ3v) is 4.57. The van der Waals surface area contributed by atoms with Crippen molar-refractivity contribution in [1.29, 1.82) is 10.5 Å². The minimum absolute atomic E-state index is 0.178. The van der Waals surface area contributed by atoms with Crippen LogP contribution in [0.3, 0.4) is 0 Å². The Morgan fingerprint density at radius 2 is 1.93 bits per heavy atom. The molecule has 152 valence electrons. The van der Waals surface area contributed by atoms with E-state index in [9.17, 15) is 15.3 Å². The van der Waals surface area contributed by atoms with E-state index < -0.39 is 23.7 Å². The van der Waals surface area contributed by atoms with E-state index in [1.54, 1.807) is 32.0 Å². The number of ether oxygens (including phenoxy) is 2. The molecule has 8 nitrogen and oxygen atoms in total. The molecule has 2 N–H and O–H groups in total. The number of aliphatic imine (C=N–C) groups is 1. The SMILES string of the molecule is CC(=O)O[C@@H]1[C@@H](N=C(NC#N)Nc2ccccc2)c2cc(C#N)ccc2OC1(C)C. The highest BCUT2D eigenvalue weighted by molar-refractivity contribution is 5.94. The fourth-order valence-electron chi connectivity index (χ4n) is 3.30. The van der Waals surface area contributed by atoms with Crippen LogP contribution in [0, 0.1) is 22.8 Å². The molecule has 0 bridgehead atoms. The van der Waals surface area contributed by atoms with Crippen molar-refractivity contribution in [2.24, 2.45) is 4.99 Å². The zero-order valence-electron chi connectivity index (χ0n) is 16.8. The average molecular weight is 403 g/mol. The summed E-state index contributed by atoms with van der Waals surface area (Å²) in [7, 11) is 0. The first-order chi connectivity index (χ1) is 14.3. The van der Waals surface area contributed by atoms with E-state index >= 15 is 0 Å². The Labute approximate surface area is 174 Å². The van der Waals surface area contributed by atoms with Gasteiger partial charge in [-0.3, -0.25) is 10.1 Å². The highest BCUT2D eigenvalue weighted by Gasteiger charge is 2.46. The molecular weight excluding hydrogens is 382 g/mol. The fraction of sp³-hybridized carbons (Fsp3) is 0.273. The van der Waals surface area contributed by atoms with Gasteiger partial charge in [-0.05, 0) is 44.2 Å². The number of guanidine groups is 1. The molecule has 2 aromatic carbocycles. The predicted molar refractivity (Wildman–Crippen MR) is 110 cm³/mol. The number of fused-ring (bicyclic) bond motifs is 1. The molecule has 0 saturated carbocycles. The molecule has 0 radical (unpaired) electrons. The Kier molecular flexibility index (Phi) is 5.89. The molecule has 30 heavy (non-hydrogen) atoms. The number of nitrogens with zero attached hydrogens (tertiary/aromatic N) is 3. The Morgan fingerprint density at radius 3 is 2.57 bits per heavy atom. The molecule has 2 aromatic rings. The summed E-state index contributed by atoms with van der Waals surface area (Å²) in [5, 5.41) is 24.1. The third-order valence-electron chi connectivity index (χ3n) is 4.57. The number of hydrogen-bond acceptors (Lipinski definition) is 6. The summed E-state index contributed by atoms with van der Waals surface area (Å²) in [5.74, 6) is 0.228. The highest BCUT2D eigenvalue weighted by Crippen LogP contribution is 2.43. The van der Waals surface area contributed by atoms with Crippen LogP contribution in [0.4, 0.5) is 5.69 Å². The van der Waals surface area contributed by atoms with Crippen LogP contribution in [0.5, 0.6) is 5.75 Å². The second-order valence-corrected chi connectivity index (χ2v) is 7.25. The number of nitriles is 2. The Hall–Kier alpha value is -4.04. The number of para-hydroxylation sites is 1. The van der Waals surface area contributed by atoms with Crippen molar-refractivity contribution in [2.45, 2.75) is 38.5 Å². The number of esters is 1. The van der Waals surface area contributed by atoms with Crippen LogP contribution in [0.2, 0.25) is 0 Å². The quantitative estimate of drug-likeness (QED) is 0.265. The van der Waals surface area contributed by atoms with Crippen molar-refractivity contribution in [3.8, 4) is 18.0 Å². The molecule has 0 unspecified atom stereocenters. The molecule has 0 aliphatic carbocycles. The van der Waals surface area contributed by atoms with Crippen molar-refractivity contribution in [1.82, 2.24) is 5.32 Å². The van der Waals surface area contributed by atoms with Gasteiger partial charge in [-0.2, -0.15) is 10.5 Å². The number of rotatable bonds is 3. The maximum atomic E-state index is 11.8. The molecule has 2 atom stereocenters. The van der Waals surface area contributed by atoms with Gasteiger partial charge in [-0.1, -0.05) is 18.2 Å². The molecule has 3 rings (SSSR count). The number of hydrogen-bond donors (Lipinski definition) is 2. The Morgan fingerprint density at radius 1 is 1.20 bits per heavy atom. The largest absolute Gasteiger partial charge is 0.484 e. The topological polar surface area (TPSA) is 120 Å². The van der Waals surface area contributed by atoms with Crippen molar-refractivity contribution in [3.63, 3.8) is 0 Å². The van der Waals surface area contributed by atoms with Crippen LogP contribution >= 0.6 is 0 Å². The van der Waals surface area contributed by atoms with Crippen LogP contribution in [0.1, 0.15) is 37.9 Å². The highest BCUT2D eigenvalue weighted by atomic mass is 16.6. The monoisotopic (exact) mass is 403 g/mol. The van der Waals surface area contributed by atoms with Crippen molar-refractivity contribution in [3.05, 3.63) is 59.7 Å². The molecule has 1 aliphatic heterocycles. The van der Waals surface area contributed by atoms with E-state index in [1.165, 1.54) is 6.92 Å². The summed E-state index contributed by atoms with van der Waals surface area (Å²) in [4.78, 5) is 16.5. The maximum Gasteiger partial charge on any atom is 0.303 e. The van der Waals surface area contributed by atoms with Gasteiger partial charge in [0.15, 0.2) is 12.3 Å².